The zero-order valence-corrected chi connectivity index (χ0v) is 11.4. The van der Waals surface area contributed by atoms with E-state index in [-0.39, 0.29) is 11.9 Å². The van der Waals surface area contributed by atoms with Crippen LogP contribution in [0.25, 0.3) is 6.08 Å². The maximum atomic E-state index is 11.7. The van der Waals surface area contributed by atoms with E-state index in [4.69, 9.17) is 9.47 Å². The van der Waals surface area contributed by atoms with E-state index >= 15 is 0 Å². The summed E-state index contributed by atoms with van der Waals surface area (Å²) in [6, 6.07) is 5.50. The monoisotopic (exact) mass is 248 g/mol. The maximum Gasteiger partial charge on any atom is 0.314 e. The van der Waals surface area contributed by atoms with Gasteiger partial charge in [-0.3, -0.25) is 4.79 Å². The van der Waals surface area contributed by atoms with Crippen LogP contribution in [0.5, 0.6) is 11.5 Å². The Morgan fingerprint density at radius 2 is 2.11 bits per heavy atom. The number of hydrogen-bond donors (Lipinski definition) is 0. The highest BCUT2D eigenvalue weighted by Crippen LogP contribution is 2.29. The second-order valence-corrected chi connectivity index (χ2v) is 4.14. The highest BCUT2D eigenvalue weighted by atomic mass is 16.6. The summed E-state index contributed by atoms with van der Waals surface area (Å²) in [6.45, 7) is 5.75. The Balaban J connectivity index is 2.92. The number of rotatable bonds is 5. The summed E-state index contributed by atoms with van der Waals surface area (Å²) in [6.07, 6.45) is 4.67. The lowest BCUT2D eigenvalue weighted by Gasteiger charge is -2.12. The Kier molecular flexibility index (Phi) is 5.43. The molecular formula is C15H20O3. The molecule has 0 amide bonds. The molecule has 0 aliphatic rings. The van der Waals surface area contributed by atoms with Gasteiger partial charge in [0.15, 0.2) is 11.5 Å². The third-order valence-corrected chi connectivity index (χ3v) is 2.77. The number of esters is 1. The third-order valence-electron chi connectivity index (χ3n) is 2.77. The Morgan fingerprint density at radius 1 is 1.39 bits per heavy atom. The van der Waals surface area contributed by atoms with Crippen molar-refractivity contribution in [2.75, 3.05) is 7.11 Å². The number of allylic oxidation sites excluding steroid dienone is 1. The van der Waals surface area contributed by atoms with E-state index in [1.165, 1.54) is 0 Å². The fourth-order valence-electron chi connectivity index (χ4n) is 1.44. The smallest absolute Gasteiger partial charge is 0.314 e. The lowest BCUT2D eigenvalue weighted by atomic mass is 10.1. The lowest BCUT2D eigenvalue weighted by Crippen LogP contribution is -2.17. The standard InChI is InChI=1S/C15H20O3/c1-5-7-12-8-9-13(14(10-12)17-4)18-15(16)11(3)6-2/h5,7-11H,6H2,1-4H3/b7-5+. The first-order valence-electron chi connectivity index (χ1n) is 6.14. The molecule has 0 spiro atoms. The van der Waals surface area contributed by atoms with Crippen molar-refractivity contribution in [3.05, 3.63) is 29.8 Å². The van der Waals surface area contributed by atoms with Crippen molar-refractivity contribution in [2.45, 2.75) is 27.2 Å². The molecule has 0 fully saturated rings. The van der Waals surface area contributed by atoms with Gasteiger partial charge in [-0.2, -0.15) is 0 Å². The van der Waals surface area contributed by atoms with E-state index in [0.717, 1.165) is 12.0 Å². The minimum Gasteiger partial charge on any atom is -0.493 e. The fraction of sp³-hybridized carbons (Fsp3) is 0.400. The van der Waals surface area contributed by atoms with Gasteiger partial charge in [-0.1, -0.05) is 32.1 Å². The molecule has 18 heavy (non-hydrogen) atoms. The molecule has 0 saturated heterocycles. The molecule has 1 atom stereocenters. The van der Waals surface area contributed by atoms with Gasteiger partial charge in [0.25, 0.3) is 0 Å². The molecule has 3 nitrogen and oxygen atoms in total. The van der Waals surface area contributed by atoms with Crippen molar-refractivity contribution in [3.63, 3.8) is 0 Å². The number of ether oxygens (including phenoxy) is 2. The zero-order chi connectivity index (χ0) is 13.5. The molecule has 0 radical (unpaired) electrons. The van der Waals surface area contributed by atoms with Gasteiger partial charge in [0.05, 0.1) is 13.0 Å². The van der Waals surface area contributed by atoms with Gasteiger partial charge in [0.2, 0.25) is 0 Å². The van der Waals surface area contributed by atoms with Crippen molar-refractivity contribution in [1.29, 1.82) is 0 Å². The van der Waals surface area contributed by atoms with Gasteiger partial charge >= 0.3 is 5.97 Å². The van der Waals surface area contributed by atoms with Gasteiger partial charge < -0.3 is 9.47 Å². The molecule has 1 unspecified atom stereocenters. The number of carbonyl (C=O) groups is 1. The van der Waals surface area contributed by atoms with Crippen LogP contribution < -0.4 is 9.47 Å². The predicted molar refractivity (Wildman–Crippen MR) is 72.8 cm³/mol. The largest absolute Gasteiger partial charge is 0.493 e. The van der Waals surface area contributed by atoms with E-state index in [9.17, 15) is 4.79 Å². The zero-order valence-electron chi connectivity index (χ0n) is 11.4. The molecule has 98 valence electrons. The summed E-state index contributed by atoms with van der Waals surface area (Å²) in [5.41, 5.74) is 1.01. The summed E-state index contributed by atoms with van der Waals surface area (Å²) in [5, 5.41) is 0. The van der Waals surface area contributed by atoms with Crippen LogP contribution in [0.1, 0.15) is 32.8 Å². The maximum absolute atomic E-state index is 11.7. The molecular weight excluding hydrogens is 228 g/mol. The summed E-state index contributed by atoms with van der Waals surface area (Å²) >= 11 is 0. The predicted octanol–water partition coefficient (Wildman–Crippen LogP) is 3.68. The van der Waals surface area contributed by atoms with Crippen LogP contribution in [-0.2, 0) is 4.79 Å². The number of hydrogen-bond acceptors (Lipinski definition) is 3. The van der Waals surface area contributed by atoms with E-state index < -0.39 is 0 Å². The fourth-order valence-corrected chi connectivity index (χ4v) is 1.44. The number of benzene rings is 1. The first-order valence-corrected chi connectivity index (χ1v) is 6.14. The van der Waals surface area contributed by atoms with Crippen molar-refractivity contribution in [3.8, 4) is 11.5 Å². The van der Waals surface area contributed by atoms with Crippen molar-refractivity contribution in [2.24, 2.45) is 5.92 Å². The summed E-state index contributed by atoms with van der Waals surface area (Å²) in [4.78, 5) is 11.7. The Hall–Kier alpha value is -1.77. The summed E-state index contributed by atoms with van der Waals surface area (Å²) < 4.78 is 10.6. The van der Waals surface area contributed by atoms with Crippen molar-refractivity contribution < 1.29 is 14.3 Å². The molecule has 0 N–H and O–H groups in total. The summed E-state index contributed by atoms with van der Waals surface area (Å²) in [7, 11) is 1.56. The number of carbonyl (C=O) groups excluding carboxylic acids is 1. The molecule has 0 aliphatic heterocycles. The van der Waals surface area contributed by atoms with Gasteiger partial charge in [-0.15, -0.1) is 0 Å². The molecule has 0 saturated carbocycles. The molecule has 0 bridgehead atoms. The molecule has 1 rings (SSSR count). The molecule has 0 aliphatic carbocycles. The second kappa shape index (κ2) is 6.84. The van der Waals surface area contributed by atoms with Crippen LogP contribution in [-0.4, -0.2) is 13.1 Å². The van der Waals surface area contributed by atoms with E-state index in [0.29, 0.717) is 11.5 Å². The van der Waals surface area contributed by atoms with Gasteiger partial charge in [-0.25, -0.2) is 0 Å². The summed E-state index contributed by atoms with van der Waals surface area (Å²) in [5.74, 6) is 0.706. The van der Waals surface area contributed by atoms with Crippen molar-refractivity contribution >= 4 is 12.0 Å². The second-order valence-electron chi connectivity index (χ2n) is 4.14. The SMILES string of the molecule is C/C=C/c1ccc(OC(=O)C(C)CC)c(OC)c1. The highest BCUT2D eigenvalue weighted by molar-refractivity contribution is 5.75. The lowest BCUT2D eigenvalue weighted by molar-refractivity contribution is -0.138. The highest BCUT2D eigenvalue weighted by Gasteiger charge is 2.15. The first kappa shape index (κ1) is 14.3. The Morgan fingerprint density at radius 3 is 2.67 bits per heavy atom. The van der Waals surface area contributed by atoms with Crippen LogP contribution in [0.4, 0.5) is 0 Å². The quantitative estimate of drug-likeness (QED) is 0.589. The van der Waals surface area contributed by atoms with Crippen LogP contribution in [0.3, 0.4) is 0 Å². The van der Waals surface area contributed by atoms with Crippen LogP contribution in [0.2, 0.25) is 0 Å². The topological polar surface area (TPSA) is 35.5 Å². The van der Waals surface area contributed by atoms with Crippen LogP contribution in [0, 0.1) is 5.92 Å². The normalized spacial score (nSPS) is 12.4. The third kappa shape index (κ3) is 3.62. The van der Waals surface area contributed by atoms with Gasteiger partial charge in [0.1, 0.15) is 0 Å². The Bertz CT molecular complexity index is 435. The van der Waals surface area contributed by atoms with Gasteiger partial charge in [-0.05, 0) is 31.0 Å². The molecule has 0 heterocycles. The minimum atomic E-state index is -0.227. The average molecular weight is 248 g/mol. The molecule has 0 aromatic heterocycles. The van der Waals surface area contributed by atoms with Crippen LogP contribution in [0.15, 0.2) is 24.3 Å². The van der Waals surface area contributed by atoms with E-state index in [1.807, 2.05) is 45.1 Å². The molecule has 1 aromatic carbocycles. The molecule has 1 aromatic rings. The first-order chi connectivity index (χ1) is 8.62. The minimum absolute atomic E-state index is 0.107. The van der Waals surface area contributed by atoms with E-state index in [1.54, 1.807) is 13.2 Å². The number of methoxy groups -OCH3 is 1. The van der Waals surface area contributed by atoms with Crippen molar-refractivity contribution in [1.82, 2.24) is 0 Å². The van der Waals surface area contributed by atoms with E-state index in [2.05, 4.69) is 0 Å². The van der Waals surface area contributed by atoms with Gasteiger partial charge in [0, 0.05) is 0 Å². The Labute approximate surface area is 108 Å². The average Bonchev–Trinajstić information content (AvgIpc) is 2.39. The van der Waals surface area contributed by atoms with Crippen LogP contribution >= 0.6 is 0 Å². The molecule has 3 heteroatoms.